The van der Waals surface area contributed by atoms with Gasteiger partial charge in [-0.1, -0.05) is 60.7 Å². The summed E-state index contributed by atoms with van der Waals surface area (Å²) in [5, 5.41) is 22.9. The average Bonchev–Trinajstić information content (AvgIpc) is 3.21. The zero-order valence-electron chi connectivity index (χ0n) is 24.6. The van der Waals surface area contributed by atoms with Gasteiger partial charge in [0.25, 0.3) is 0 Å². The monoisotopic (exact) mass is 580 g/mol. The molecule has 0 bridgehead atoms. The highest BCUT2D eigenvalue weighted by molar-refractivity contribution is 5.83. The quantitative estimate of drug-likeness (QED) is 0.187. The third-order valence-corrected chi connectivity index (χ3v) is 7.65. The molecule has 0 aliphatic heterocycles. The van der Waals surface area contributed by atoms with Gasteiger partial charge in [0.2, 0.25) is 5.88 Å². The number of rotatable bonds is 12. The van der Waals surface area contributed by atoms with E-state index in [4.69, 9.17) is 9.47 Å². The van der Waals surface area contributed by atoms with Crippen LogP contribution in [0.3, 0.4) is 0 Å². The molecule has 43 heavy (non-hydrogen) atoms. The van der Waals surface area contributed by atoms with E-state index in [2.05, 4.69) is 0 Å². The molecule has 2 N–H and O–H groups in total. The first-order chi connectivity index (χ1) is 20.6. The number of fused-ring (bicyclic) bond motifs is 1. The van der Waals surface area contributed by atoms with E-state index in [0.29, 0.717) is 37.3 Å². The predicted molar refractivity (Wildman–Crippen MR) is 166 cm³/mol. The molecule has 1 aromatic heterocycles. The number of carboxylic acids is 1. The van der Waals surface area contributed by atoms with E-state index in [1.807, 2.05) is 78.9 Å². The van der Waals surface area contributed by atoms with Gasteiger partial charge in [-0.15, -0.1) is 0 Å². The number of methoxy groups -OCH3 is 1. The third kappa shape index (κ3) is 6.75. The van der Waals surface area contributed by atoms with Crippen LogP contribution in [0, 0.1) is 0 Å². The Labute approximate surface area is 250 Å². The molecule has 0 aliphatic rings. The normalized spacial score (nSPS) is 11.5. The van der Waals surface area contributed by atoms with E-state index in [1.165, 1.54) is 18.4 Å². The Morgan fingerprint density at radius 3 is 2.05 bits per heavy atom. The first-order valence-corrected chi connectivity index (χ1v) is 14.3. The number of aromatic hydroxyl groups is 1. The number of imidazole rings is 1. The van der Waals surface area contributed by atoms with Gasteiger partial charge in [0.05, 0.1) is 25.9 Å². The maximum absolute atomic E-state index is 13.7. The lowest BCUT2D eigenvalue weighted by Gasteiger charge is -2.21. The van der Waals surface area contributed by atoms with Crippen molar-refractivity contribution >= 4 is 16.7 Å². The number of nitrogens with zero attached hydrogens (tertiary/aromatic N) is 2. The lowest BCUT2D eigenvalue weighted by molar-refractivity contribution is -0.152. The lowest BCUT2D eigenvalue weighted by atomic mass is 10.1. The molecule has 0 spiro atoms. The molecule has 222 valence electrons. The number of aliphatic carboxylic acids is 1. The first-order valence-electron chi connectivity index (χ1n) is 14.3. The third-order valence-electron chi connectivity index (χ3n) is 7.65. The van der Waals surface area contributed by atoms with Gasteiger partial charge in [-0.3, -0.25) is 9.13 Å². The van der Waals surface area contributed by atoms with Crippen LogP contribution in [0.5, 0.6) is 17.4 Å². The highest BCUT2D eigenvalue weighted by Crippen LogP contribution is 2.24. The minimum absolute atomic E-state index is 0.0219. The summed E-state index contributed by atoms with van der Waals surface area (Å²) in [6.45, 7) is 3.59. The maximum atomic E-state index is 13.7. The van der Waals surface area contributed by atoms with Crippen LogP contribution in [0.15, 0.2) is 95.8 Å². The Morgan fingerprint density at radius 1 is 0.767 bits per heavy atom. The van der Waals surface area contributed by atoms with Crippen LogP contribution in [0.2, 0.25) is 0 Å². The number of benzene rings is 4. The van der Waals surface area contributed by atoms with Crippen LogP contribution < -0.4 is 15.2 Å². The van der Waals surface area contributed by atoms with E-state index in [1.54, 1.807) is 23.8 Å². The molecule has 4 aromatic carbocycles. The number of aryl methyl sites for hydroxylation is 1. The summed E-state index contributed by atoms with van der Waals surface area (Å²) < 4.78 is 14.0. The number of ether oxygens (including phenoxy) is 2. The van der Waals surface area contributed by atoms with Gasteiger partial charge in [0.1, 0.15) is 11.5 Å². The summed E-state index contributed by atoms with van der Waals surface area (Å²) in [5.41, 5.74) is 1.89. The first kappa shape index (κ1) is 29.5. The second kappa shape index (κ2) is 12.5. The van der Waals surface area contributed by atoms with E-state index in [0.717, 1.165) is 33.2 Å². The Bertz CT molecular complexity index is 1780. The fraction of sp³-hybridized carbons (Fsp3) is 0.257. The molecule has 8 nitrogen and oxygen atoms in total. The van der Waals surface area contributed by atoms with Crippen LogP contribution in [0.1, 0.15) is 42.7 Å². The van der Waals surface area contributed by atoms with Crippen molar-refractivity contribution in [3.63, 3.8) is 0 Å². The molecular weight excluding hydrogens is 544 g/mol. The van der Waals surface area contributed by atoms with Crippen molar-refractivity contribution in [3.8, 4) is 17.4 Å². The smallest absolute Gasteiger partial charge is 0.347 e. The van der Waals surface area contributed by atoms with Gasteiger partial charge in [-0.05, 0) is 90.9 Å². The van der Waals surface area contributed by atoms with Gasteiger partial charge in [0.15, 0.2) is 5.60 Å². The Morgan fingerprint density at radius 2 is 1.37 bits per heavy atom. The molecule has 5 rings (SSSR count). The number of carboxylic acid groups (broad SMARTS) is 1. The molecule has 0 amide bonds. The van der Waals surface area contributed by atoms with Crippen molar-refractivity contribution in [1.82, 2.24) is 9.13 Å². The Kier molecular flexibility index (Phi) is 8.57. The van der Waals surface area contributed by atoms with E-state index in [9.17, 15) is 19.8 Å². The zero-order valence-corrected chi connectivity index (χ0v) is 24.6. The SMILES string of the molecule is COc1ccc(Cn2c(CCCc3ccc(OC(C)(C)C(=O)O)cc3)c(O)n(Cc3ccc4ccccc4c3)c2=O)cc1. The molecule has 0 aliphatic carbocycles. The fourth-order valence-electron chi connectivity index (χ4n) is 5.14. The minimum atomic E-state index is -1.33. The van der Waals surface area contributed by atoms with Crippen LogP contribution in [0.25, 0.3) is 10.8 Å². The molecule has 0 atom stereocenters. The highest BCUT2D eigenvalue weighted by atomic mass is 16.5. The minimum Gasteiger partial charge on any atom is -0.497 e. The van der Waals surface area contributed by atoms with Crippen molar-refractivity contribution in [2.75, 3.05) is 7.11 Å². The van der Waals surface area contributed by atoms with E-state index >= 15 is 0 Å². The van der Waals surface area contributed by atoms with Crippen molar-refractivity contribution in [3.05, 3.63) is 124 Å². The molecular formula is C35H36N2O6. The van der Waals surface area contributed by atoms with Crippen molar-refractivity contribution in [2.45, 2.75) is 51.8 Å². The predicted octanol–water partition coefficient (Wildman–Crippen LogP) is 6.03. The van der Waals surface area contributed by atoms with Crippen LogP contribution in [0.4, 0.5) is 0 Å². The van der Waals surface area contributed by atoms with Crippen LogP contribution in [-0.4, -0.2) is 38.0 Å². The Hall–Kier alpha value is -4.98. The number of carbonyl (C=O) groups is 1. The lowest BCUT2D eigenvalue weighted by Crippen LogP contribution is -2.37. The molecule has 0 radical (unpaired) electrons. The van der Waals surface area contributed by atoms with Gasteiger partial charge < -0.3 is 19.7 Å². The molecule has 5 aromatic rings. The number of hydrogen-bond acceptors (Lipinski definition) is 5. The molecule has 0 unspecified atom stereocenters. The van der Waals surface area contributed by atoms with Crippen molar-refractivity contribution in [1.29, 1.82) is 0 Å². The summed E-state index contributed by atoms with van der Waals surface area (Å²) in [6, 6.07) is 29.0. The fourth-order valence-corrected chi connectivity index (χ4v) is 5.14. The number of aromatic nitrogens is 2. The molecule has 8 heteroatoms. The summed E-state index contributed by atoms with van der Waals surface area (Å²) in [4.78, 5) is 25.1. The van der Waals surface area contributed by atoms with E-state index < -0.39 is 11.6 Å². The second-order valence-corrected chi connectivity index (χ2v) is 11.2. The zero-order chi connectivity index (χ0) is 30.6. The largest absolute Gasteiger partial charge is 0.497 e. The summed E-state index contributed by atoms with van der Waals surface area (Å²) in [5.74, 6) is 0.153. The van der Waals surface area contributed by atoms with E-state index in [-0.39, 0.29) is 18.1 Å². The van der Waals surface area contributed by atoms with Gasteiger partial charge in [-0.25, -0.2) is 9.59 Å². The summed E-state index contributed by atoms with van der Waals surface area (Å²) in [6.07, 6.45) is 1.89. The highest BCUT2D eigenvalue weighted by Gasteiger charge is 2.29. The Balaban J connectivity index is 1.37. The van der Waals surface area contributed by atoms with Crippen molar-refractivity contribution < 1.29 is 24.5 Å². The average molecular weight is 581 g/mol. The van der Waals surface area contributed by atoms with Gasteiger partial charge in [-0.2, -0.15) is 0 Å². The summed E-state index contributed by atoms with van der Waals surface area (Å²) in [7, 11) is 1.61. The topological polar surface area (TPSA) is 103 Å². The van der Waals surface area contributed by atoms with Crippen LogP contribution >= 0.6 is 0 Å². The molecule has 0 saturated heterocycles. The molecule has 0 saturated carbocycles. The van der Waals surface area contributed by atoms with Gasteiger partial charge in [0, 0.05) is 0 Å². The standard InChI is InChI=1S/C35H36N2O6/c1-35(2,33(39)40)43-30-19-12-24(13-20-30)7-6-10-31-32(38)37(23-26-11-16-27-8-4-5-9-28(27)21-26)34(41)36(31)22-25-14-17-29(42-3)18-15-25/h4-5,8-9,11-21,38H,6-7,10,22-23H2,1-3H3,(H,39,40). The summed E-state index contributed by atoms with van der Waals surface area (Å²) >= 11 is 0. The van der Waals surface area contributed by atoms with Gasteiger partial charge >= 0.3 is 11.7 Å². The van der Waals surface area contributed by atoms with Crippen LogP contribution in [-0.2, 0) is 30.7 Å². The molecule has 0 fully saturated rings. The second-order valence-electron chi connectivity index (χ2n) is 11.2. The number of hydrogen-bond donors (Lipinski definition) is 2. The van der Waals surface area contributed by atoms with Crippen molar-refractivity contribution in [2.24, 2.45) is 0 Å². The maximum Gasteiger partial charge on any atom is 0.347 e. The molecule has 1 heterocycles.